The zero-order valence-corrected chi connectivity index (χ0v) is 8.69. The molecule has 0 saturated carbocycles. The molecule has 0 aliphatic heterocycles. The van der Waals surface area contributed by atoms with Gasteiger partial charge in [-0.3, -0.25) is 0 Å². The van der Waals surface area contributed by atoms with E-state index < -0.39 is 0 Å². The van der Waals surface area contributed by atoms with E-state index in [1.165, 1.54) is 0 Å². The van der Waals surface area contributed by atoms with Crippen LogP contribution in [0.1, 0.15) is 12.5 Å². The molecule has 0 atom stereocenters. The van der Waals surface area contributed by atoms with Crippen LogP contribution in [-0.4, -0.2) is 18.3 Å². The summed E-state index contributed by atoms with van der Waals surface area (Å²) in [6.07, 6.45) is 2.28. The van der Waals surface area contributed by atoms with Crippen molar-refractivity contribution in [1.29, 1.82) is 0 Å². The first kappa shape index (κ1) is 10.1. The Morgan fingerprint density at radius 2 is 2.27 bits per heavy atom. The Bertz CT molecular complexity index is 445. The first-order valence-electron chi connectivity index (χ1n) is 5.09. The molecule has 0 spiro atoms. The molecule has 1 heterocycles. The molecule has 0 unspecified atom stereocenters. The van der Waals surface area contributed by atoms with Crippen molar-refractivity contribution < 1.29 is 14.3 Å². The smallest absolute Gasteiger partial charge is 0.137 e. The van der Waals surface area contributed by atoms with Crippen molar-refractivity contribution >= 4 is 11.0 Å². The van der Waals surface area contributed by atoms with Crippen molar-refractivity contribution in [2.24, 2.45) is 0 Å². The highest BCUT2D eigenvalue weighted by molar-refractivity contribution is 5.87. The van der Waals surface area contributed by atoms with Gasteiger partial charge in [-0.05, 0) is 25.5 Å². The van der Waals surface area contributed by atoms with Crippen LogP contribution in [0, 0.1) is 0 Å². The van der Waals surface area contributed by atoms with Gasteiger partial charge in [0.2, 0.25) is 0 Å². The monoisotopic (exact) mass is 206 g/mol. The van der Waals surface area contributed by atoms with Crippen molar-refractivity contribution in [3.05, 3.63) is 30.0 Å². The summed E-state index contributed by atoms with van der Waals surface area (Å²) in [5, 5.41) is 9.92. The molecule has 0 fully saturated rings. The zero-order valence-electron chi connectivity index (χ0n) is 8.69. The van der Waals surface area contributed by atoms with Crippen molar-refractivity contribution in [3.8, 4) is 5.75 Å². The molecule has 15 heavy (non-hydrogen) atoms. The maximum atomic E-state index is 8.94. The van der Waals surface area contributed by atoms with E-state index in [1.807, 2.05) is 25.1 Å². The minimum Gasteiger partial charge on any atom is -0.493 e. The van der Waals surface area contributed by atoms with Gasteiger partial charge in [-0.1, -0.05) is 6.07 Å². The molecule has 3 heteroatoms. The summed E-state index contributed by atoms with van der Waals surface area (Å²) in [6, 6.07) is 5.72. The second-order valence-electron chi connectivity index (χ2n) is 3.30. The van der Waals surface area contributed by atoms with Gasteiger partial charge in [0.1, 0.15) is 11.3 Å². The number of rotatable bonds is 4. The molecule has 2 rings (SSSR count). The second kappa shape index (κ2) is 4.36. The van der Waals surface area contributed by atoms with Crippen molar-refractivity contribution in [2.45, 2.75) is 13.3 Å². The van der Waals surface area contributed by atoms with Crippen molar-refractivity contribution in [3.63, 3.8) is 0 Å². The summed E-state index contributed by atoms with van der Waals surface area (Å²) in [7, 11) is 0. The fraction of sp³-hybridized carbons (Fsp3) is 0.333. The summed E-state index contributed by atoms with van der Waals surface area (Å²) < 4.78 is 10.9. The van der Waals surface area contributed by atoms with Gasteiger partial charge in [0.25, 0.3) is 0 Å². The summed E-state index contributed by atoms with van der Waals surface area (Å²) in [4.78, 5) is 0. The summed E-state index contributed by atoms with van der Waals surface area (Å²) >= 11 is 0. The third-order valence-corrected chi connectivity index (χ3v) is 2.32. The Hall–Kier alpha value is -1.48. The molecule has 0 saturated heterocycles. The highest BCUT2D eigenvalue weighted by Crippen LogP contribution is 2.30. The lowest BCUT2D eigenvalue weighted by atomic mass is 10.1. The minimum absolute atomic E-state index is 0.120. The zero-order chi connectivity index (χ0) is 10.7. The average molecular weight is 206 g/mol. The molecule has 1 aromatic carbocycles. The van der Waals surface area contributed by atoms with E-state index in [9.17, 15) is 0 Å². The fourth-order valence-electron chi connectivity index (χ4n) is 1.70. The Labute approximate surface area is 88.3 Å². The van der Waals surface area contributed by atoms with Gasteiger partial charge in [-0.25, -0.2) is 0 Å². The number of aliphatic hydroxyl groups excluding tert-OH is 1. The van der Waals surface area contributed by atoms with Crippen LogP contribution in [0.2, 0.25) is 0 Å². The van der Waals surface area contributed by atoms with Crippen LogP contribution in [0.3, 0.4) is 0 Å². The largest absolute Gasteiger partial charge is 0.493 e. The number of furan rings is 1. The van der Waals surface area contributed by atoms with Crippen LogP contribution in [0.15, 0.2) is 28.9 Å². The van der Waals surface area contributed by atoms with Crippen molar-refractivity contribution in [2.75, 3.05) is 13.2 Å². The van der Waals surface area contributed by atoms with E-state index in [-0.39, 0.29) is 6.61 Å². The predicted molar refractivity (Wildman–Crippen MR) is 58.2 cm³/mol. The molecular formula is C12H14O3. The van der Waals surface area contributed by atoms with Gasteiger partial charge in [-0.15, -0.1) is 0 Å². The van der Waals surface area contributed by atoms with Gasteiger partial charge in [-0.2, -0.15) is 0 Å². The molecule has 80 valence electrons. The lowest BCUT2D eigenvalue weighted by Crippen LogP contribution is -1.94. The SMILES string of the molecule is CCOc1cccc2occ(CCO)c12. The molecule has 0 aliphatic carbocycles. The van der Waals surface area contributed by atoms with E-state index in [2.05, 4.69) is 0 Å². The first-order chi connectivity index (χ1) is 7.36. The third kappa shape index (κ3) is 1.83. The van der Waals surface area contributed by atoms with Gasteiger partial charge < -0.3 is 14.3 Å². The Morgan fingerprint density at radius 3 is 3.00 bits per heavy atom. The van der Waals surface area contributed by atoms with E-state index in [4.69, 9.17) is 14.3 Å². The van der Waals surface area contributed by atoms with Crippen molar-refractivity contribution in [1.82, 2.24) is 0 Å². The Balaban J connectivity index is 2.53. The van der Waals surface area contributed by atoms with E-state index >= 15 is 0 Å². The molecule has 0 aliphatic rings. The van der Waals surface area contributed by atoms with E-state index in [0.717, 1.165) is 22.3 Å². The Kier molecular flexibility index (Phi) is 2.92. The number of aliphatic hydroxyl groups is 1. The number of fused-ring (bicyclic) bond motifs is 1. The standard InChI is InChI=1S/C12H14O3/c1-2-14-10-4-3-5-11-12(10)9(6-7-13)8-15-11/h3-5,8,13H,2,6-7H2,1H3. The van der Waals surface area contributed by atoms with Crippen LogP contribution in [0.5, 0.6) is 5.75 Å². The molecule has 0 bridgehead atoms. The lowest BCUT2D eigenvalue weighted by Gasteiger charge is -2.04. The number of ether oxygens (including phenoxy) is 1. The topological polar surface area (TPSA) is 42.6 Å². The summed E-state index contributed by atoms with van der Waals surface area (Å²) in [5.41, 5.74) is 1.81. The van der Waals surface area contributed by atoms with Crippen LogP contribution in [0.25, 0.3) is 11.0 Å². The van der Waals surface area contributed by atoms with Gasteiger partial charge in [0, 0.05) is 12.2 Å². The second-order valence-corrected chi connectivity index (χ2v) is 3.30. The molecule has 3 nitrogen and oxygen atoms in total. The van der Waals surface area contributed by atoms with E-state index in [1.54, 1.807) is 6.26 Å². The molecule has 0 amide bonds. The van der Waals surface area contributed by atoms with Gasteiger partial charge >= 0.3 is 0 Å². The summed E-state index contributed by atoms with van der Waals surface area (Å²) in [6.45, 7) is 2.70. The minimum atomic E-state index is 0.120. The molecule has 1 aromatic heterocycles. The fourth-order valence-corrected chi connectivity index (χ4v) is 1.70. The van der Waals surface area contributed by atoms with Crippen LogP contribution >= 0.6 is 0 Å². The number of hydrogen-bond acceptors (Lipinski definition) is 3. The Morgan fingerprint density at radius 1 is 1.40 bits per heavy atom. The molecular weight excluding hydrogens is 192 g/mol. The quantitative estimate of drug-likeness (QED) is 0.835. The maximum Gasteiger partial charge on any atom is 0.137 e. The highest BCUT2D eigenvalue weighted by atomic mass is 16.5. The first-order valence-corrected chi connectivity index (χ1v) is 5.09. The van der Waals surface area contributed by atoms with Crippen LogP contribution in [0.4, 0.5) is 0 Å². The molecule has 0 radical (unpaired) electrons. The summed E-state index contributed by atoms with van der Waals surface area (Å²) in [5.74, 6) is 0.826. The predicted octanol–water partition coefficient (Wildman–Crippen LogP) is 2.37. The molecule has 2 aromatic rings. The maximum absolute atomic E-state index is 8.94. The normalized spacial score (nSPS) is 10.8. The number of benzene rings is 1. The molecule has 1 N–H and O–H groups in total. The van der Waals surface area contributed by atoms with Gasteiger partial charge in [0.05, 0.1) is 18.3 Å². The number of hydrogen-bond donors (Lipinski definition) is 1. The van der Waals surface area contributed by atoms with Crippen LogP contribution in [-0.2, 0) is 6.42 Å². The van der Waals surface area contributed by atoms with Crippen LogP contribution < -0.4 is 4.74 Å². The van der Waals surface area contributed by atoms with Gasteiger partial charge in [0.15, 0.2) is 0 Å². The van der Waals surface area contributed by atoms with E-state index in [0.29, 0.717) is 13.0 Å². The third-order valence-electron chi connectivity index (χ3n) is 2.32. The lowest BCUT2D eigenvalue weighted by molar-refractivity contribution is 0.299. The highest BCUT2D eigenvalue weighted by Gasteiger charge is 2.10. The average Bonchev–Trinajstić information content (AvgIpc) is 2.64.